The lowest BCUT2D eigenvalue weighted by molar-refractivity contribution is -0.150. The number of rotatable bonds is 8. The molecule has 1 fully saturated rings. The molecule has 202 valence electrons. The number of carbonyl (C=O) groups excluding carboxylic acids is 3. The van der Waals surface area contributed by atoms with Crippen molar-refractivity contribution in [3.63, 3.8) is 0 Å². The van der Waals surface area contributed by atoms with E-state index in [1.807, 2.05) is 60.7 Å². The minimum atomic E-state index is -0.871. The van der Waals surface area contributed by atoms with Gasteiger partial charge in [-0.3, -0.25) is 4.90 Å². The molecule has 1 heterocycles. The second-order valence-corrected chi connectivity index (χ2v) is 10.1. The highest BCUT2D eigenvalue weighted by Gasteiger charge is 2.43. The molecule has 3 aromatic rings. The van der Waals surface area contributed by atoms with Crippen molar-refractivity contribution in [2.75, 3.05) is 6.54 Å². The monoisotopic (exact) mass is 529 g/mol. The number of hydrogen-bond acceptors (Lipinski definition) is 7. The molecule has 8 nitrogen and oxygen atoms in total. The highest BCUT2D eigenvalue weighted by atomic mass is 16.6. The van der Waals surface area contributed by atoms with E-state index < -0.39 is 35.8 Å². The van der Waals surface area contributed by atoms with Gasteiger partial charge in [0.1, 0.15) is 36.5 Å². The summed E-state index contributed by atoms with van der Waals surface area (Å²) in [6, 6.07) is 26.5. The Morgan fingerprint density at radius 1 is 0.846 bits per heavy atom. The van der Waals surface area contributed by atoms with Gasteiger partial charge in [-0.05, 0) is 50.1 Å². The molecule has 3 aromatic carbocycles. The fraction of sp³-hybridized carbons (Fsp3) is 0.323. The molecular formula is C31H31NO7. The molecule has 2 atom stereocenters. The Balaban J connectivity index is 1.37. The van der Waals surface area contributed by atoms with Gasteiger partial charge >= 0.3 is 18.0 Å². The Morgan fingerprint density at radius 3 is 2.03 bits per heavy atom. The molecule has 1 aliphatic heterocycles. The maximum atomic E-state index is 13.0. The average molecular weight is 530 g/mol. The van der Waals surface area contributed by atoms with E-state index in [9.17, 15) is 14.4 Å². The lowest BCUT2D eigenvalue weighted by Crippen LogP contribution is -2.44. The number of carbonyl (C=O) groups is 3. The van der Waals surface area contributed by atoms with Gasteiger partial charge in [-0.2, -0.15) is 0 Å². The van der Waals surface area contributed by atoms with Crippen LogP contribution in [-0.2, 0) is 32.2 Å². The molecule has 1 aliphatic rings. The molecule has 0 saturated carbocycles. The van der Waals surface area contributed by atoms with Crippen molar-refractivity contribution in [1.29, 1.82) is 0 Å². The highest BCUT2D eigenvalue weighted by Crippen LogP contribution is 2.26. The Kier molecular flexibility index (Phi) is 8.72. The van der Waals surface area contributed by atoms with E-state index in [-0.39, 0.29) is 31.7 Å². The summed E-state index contributed by atoms with van der Waals surface area (Å²) in [5.41, 5.74) is 1.19. The SMILES string of the molecule is CC(C)(C)OC(=O)N1CC(Oc2c#cc(C(=O)OCc3ccccc3)cc2)CC1C(=O)OCc1ccccc1. The van der Waals surface area contributed by atoms with Crippen LogP contribution in [-0.4, -0.2) is 47.2 Å². The molecule has 4 rings (SSSR count). The Morgan fingerprint density at radius 2 is 1.46 bits per heavy atom. The van der Waals surface area contributed by atoms with E-state index in [0.717, 1.165) is 11.1 Å². The van der Waals surface area contributed by atoms with Crippen LogP contribution in [0.15, 0.2) is 72.8 Å². The number of likely N-dealkylation sites (tertiary alicyclic amines) is 1. The molecule has 0 spiro atoms. The number of hydrogen-bond donors (Lipinski definition) is 0. The Hall–Kier alpha value is -4.51. The van der Waals surface area contributed by atoms with Crippen molar-refractivity contribution >= 4 is 18.0 Å². The Bertz CT molecular complexity index is 1250. The van der Waals surface area contributed by atoms with Crippen molar-refractivity contribution in [2.24, 2.45) is 0 Å². The maximum absolute atomic E-state index is 13.0. The van der Waals surface area contributed by atoms with Crippen molar-refractivity contribution in [3.05, 3.63) is 102 Å². The fourth-order valence-electron chi connectivity index (χ4n) is 3.99. The topological polar surface area (TPSA) is 91.4 Å². The van der Waals surface area contributed by atoms with Gasteiger partial charge in [0.2, 0.25) is 0 Å². The van der Waals surface area contributed by atoms with Crippen LogP contribution in [0.2, 0.25) is 0 Å². The summed E-state index contributed by atoms with van der Waals surface area (Å²) in [6.45, 7) is 5.64. The van der Waals surface area contributed by atoms with E-state index in [1.54, 1.807) is 26.8 Å². The predicted molar refractivity (Wildman–Crippen MR) is 142 cm³/mol. The summed E-state index contributed by atoms with van der Waals surface area (Å²) in [7, 11) is 0. The molecule has 0 aliphatic carbocycles. The van der Waals surface area contributed by atoms with E-state index in [2.05, 4.69) is 12.1 Å². The second-order valence-electron chi connectivity index (χ2n) is 10.1. The number of amides is 1. The van der Waals surface area contributed by atoms with Crippen LogP contribution in [0.5, 0.6) is 5.75 Å². The van der Waals surface area contributed by atoms with Gasteiger partial charge in [-0.15, -0.1) is 0 Å². The van der Waals surface area contributed by atoms with E-state index >= 15 is 0 Å². The van der Waals surface area contributed by atoms with Gasteiger partial charge in [0.25, 0.3) is 0 Å². The van der Waals surface area contributed by atoms with Crippen LogP contribution in [0.3, 0.4) is 0 Å². The first-order chi connectivity index (χ1) is 18.7. The van der Waals surface area contributed by atoms with Crippen LogP contribution in [0.25, 0.3) is 0 Å². The third-order valence-electron chi connectivity index (χ3n) is 5.83. The third kappa shape index (κ3) is 7.99. The van der Waals surface area contributed by atoms with E-state index in [1.165, 1.54) is 11.0 Å². The summed E-state index contributed by atoms with van der Waals surface area (Å²) in [5, 5.41) is 0. The number of ether oxygens (including phenoxy) is 4. The van der Waals surface area contributed by atoms with E-state index in [0.29, 0.717) is 5.75 Å². The molecule has 0 aromatic heterocycles. The molecule has 1 saturated heterocycles. The Labute approximate surface area is 228 Å². The van der Waals surface area contributed by atoms with Gasteiger partial charge in [0, 0.05) is 6.42 Å². The summed E-state index contributed by atoms with van der Waals surface area (Å²) in [4.78, 5) is 39.6. The lowest BCUT2D eigenvalue weighted by atomic mass is 10.2. The van der Waals surface area contributed by atoms with Crippen molar-refractivity contribution in [2.45, 2.75) is 58.2 Å². The van der Waals surface area contributed by atoms with Crippen molar-refractivity contribution < 1.29 is 33.3 Å². The first kappa shape index (κ1) is 27.5. The van der Waals surface area contributed by atoms with Gasteiger partial charge in [-0.25, -0.2) is 14.4 Å². The standard InChI is InChI=1S/C31H31NO7/c1-31(2,3)39-30(35)32-19-26(18-27(32)29(34)37-21-23-12-8-5-9-13-23)38-25-16-14-24(15-17-25)28(33)36-20-22-10-6-4-7-11-22/h4-14,16,26-27H,18-21H2,1-3H3. The van der Waals surface area contributed by atoms with Crippen LogP contribution in [0, 0.1) is 12.1 Å². The average Bonchev–Trinajstić information content (AvgIpc) is 3.35. The first-order valence-corrected chi connectivity index (χ1v) is 12.7. The second kappa shape index (κ2) is 12.4. The van der Waals surface area contributed by atoms with Gasteiger partial charge in [-0.1, -0.05) is 66.7 Å². The molecule has 2 unspecified atom stereocenters. The zero-order valence-corrected chi connectivity index (χ0v) is 22.2. The van der Waals surface area contributed by atoms with Crippen molar-refractivity contribution in [1.82, 2.24) is 4.90 Å². The highest BCUT2D eigenvalue weighted by molar-refractivity contribution is 5.88. The lowest BCUT2D eigenvalue weighted by Gasteiger charge is -2.27. The molecule has 1 amide bonds. The number of nitrogens with zero attached hydrogens (tertiary/aromatic N) is 1. The van der Waals surface area contributed by atoms with Crippen LogP contribution in [0.1, 0.15) is 48.7 Å². The fourth-order valence-corrected chi connectivity index (χ4v) is 3.99. The van der Waals surface area contributed by atoms with Crippen molar-refractivity contribution in [3.8, 4) is 5.75 Å². The minimum absolute atomic E-state index is 0.0917. The number of benzene rings is 2. The molecule has 39 heavy (non-hydrogen) atoms. The predicted octanol–water partition coefficient (Wildman–Crippen LogP) is 5.14. The molecule has 0 radical (unpaired) electrons. The molecule has 0 bridgehead atoms. The largest absolute Gasteiger partial charge is 0.480 e. The van der Waals surface area contributed by atoms with E-state index in [4.69, 9.17) is 18.9 Å². The third-order valence-corrected chi connectivity index (χ3v) is 5.83. The van der Waals surface area contributed by atoms with Crippen LogP contribution in [0.4, 0.5) is 4.79 Å². The molecular weight excluding hydrogens is 498 g/mol. The zero-order chi connectivity index (χ0) is 27.8. The normalized spacial score (nSPS) is 16.6. The minimum Gasteiger partial charge on any atom is -0.480 e. The smallest absolute Gasteiger partial charge is 0.411 e. The quantitative estimate of drug-likeness (QED) is 0.295. The summed E-state index contributed by atoms with van der Waals surface area (Å²) < 4.78 is 22.3. The summed E-state index contributed by atoms with van der Waals surface area (Å²) in [5.74, 6) is -0.746. The number of esters is 2. The first-order valence-electron chi connectivity index (χ1n) is 12.7. The molecule has 8 heteroatoms. The van der Waals surface area contributed by atoms with Gasteiger partial charge < -0.3 is 18.9 Å². The summed E-state index contributed by atoms with van der Waals surface area (Å²) >= 11 is 0. The maximum Gasteiger partial charge on any atom is 0.411 e. The van der Waals surface area contributed by atoms with Gasteiger partial charge in [0.15, 0.2) is 5.75 Å². The zero-order valence-electron chi connectivity index (χ0n) is 22.2. The van der Waals surface area contributed by atoms with Crippen LogP contribution >= 0.6 is 0 Å². The van der Waals surface area contributed by atoms with Crippen LogP contribution < -0.4 is 4.74 Å². The summed E-state index contributed by atoms with van der Waals surface area (Å²) in [6.07, 6.45) is -0.934. The van der Waals surface area contributed by atoms with Gasteiger partial charge in [0.05, 0.1) is 6.54 Å². The molecule has 0 N–H and O–H groups in total.